The molecule has 0 aliphatic carbocycles. The molecule has 2 atom stereocenters. The summed E-state index contributed by atoms with van der Waals surface area (Å²) < 4.78 is 0. The fraction of sp³-hybridized carbons (Fsp3) is 0.875. The molecule has 1 rings (SSSR count). The predicted octanol–water partition coefficient (Wildman–Crippen LogP) is 0.801. The Morgan fingerprint density at radius 2 is 2.36 bits per heavy atom. The molecule has 64 valence electrons. The highest BCUT2D eigenvalue weighted by atomic mass is 16.4. The summed E-state index contributed by atoms with van der Waals surface area (Å²) in [5, 5.41) is 8.81. The molecule has 0 aromatic rings. The Balaban J connectivity index is 2.61. The Labute approximate surface area is 67.0 Å². The first-order valence-corrected chi connectivity index (χ1v) is 4.09. The molecule has 3 nitrogen and oxygen atoms in total. The van der Waals surface area contributed by atoms with Gasteiger partial charge in [-0.15, -0.1) is 0 Å². The molecule has 1 aliphatic heterocycles. The third kappa shape index (κ3) is 1.53. The van der Waals surface area contributed by atoms with Crippen LogP contribution in [0.3, 0.4) is 0 Å². The summed E-state index contributed by atoms with van der Waals surface area (Å²) in [6.07, 6.45) is 1.75. The smallest absolute Gasteiger partial charge is 0.308 e. The number of hydrogen-bond donors (Lipinski definition) is 1. The minimum Gasteiger partial charge on any atom is -0.481 e. The molecular weight excluding hydrogens is 142 g/mol. The molecule has 11 heavy (non-hydrogen) atoms. The zero-order valence-corrected chi connectivity index (χ0v) is 7.08. The van der Waals surface area contributed by atoms with Crippen molar-refractivity contribution >= 4 is 5.97 Å². The maximum absolute atomic E-state index is 10.7. The Morgan fingerprint density at radius 3 is 2.73 bits per heavy atom. The minimum atomic E-state index is -0.638. The Morgan fingerprint density at radius 1 is 1.73 bits per heavy atom. The van der Waals surface area contributed by atoms with E-state index in [-0.39, 0.29) is 12.0 Å². The standard InChI is InChI=1S/C8H15NO2/c1-3-7-6(8(10)11)4-5-9(7)2/h6-7H,3-5H2,1-2H3,(H,10,11)/t6-,7+/m1/s1. The summed E-state index contributed by atoms with van der Waals surface area (Å²) in [7, 11) is 2.00. The van der Waals surface area contributed by atoms with E-state index in [1.807, 2.05) is 14.0 Å². The number of rotatable bonds is 2. The molecule has 1 saturated heterocycles. The highest BCUT2D eigenvalue weighted by molar-refractivity contribution is 5.71. The molecular formula is C8H15NO2. The second kappa shape index (κ2) is 3.22. The van der Waals surface area contributed by atoms with Gasteiger partial charge in [-0.2, -0.15) is 0 Å². The van der Waals surface area contributed by atoms with Gasteiger partial charge in [0.05, 0.1) is 5.92 Å². The molecule has 0 radical (unpaired) electrons. The summed E-state index contributed by atoms with van der Waals surface area (Å²) in [6, 6.07) is 0.257. The van der Waals surface area contributed by atoms with Gasteiger partial charge in [-0.05, 0) is 26.4 Å². The Kier molecular flexibility index (Phi) is 2.49. The van der Waals surface area contributed by atoms with E-state index in [9.17, 15) is 4.79 Å². The minimum absolute atomic E-state index is 0.134. The normalized spacial score (nSPS) is 32.5. The molecule has 1 fully saturated rings. The molecule has 0 spiro atoms. The van der Waals surface area contributed by atoms with E-state index in [1.165, 1.54) is 0 Å². The first-order valence-electron chi connectivity index (χ1n) is 4.09. The molecule has 1 N–H and O–H groups in total. The third-order valence-corrected chi connectivity index (χ3v) is 2.56. The van der Waals surface area contributed by atoms with E-state index in [0.29, 0.717) is 0 Å². The molecule has 1 heterocycles. The molecule has 1 aliphatic rings. The zero-order chi connectivity index (χ0) is 8.43. The van der Waals surface area contributed by atoms with E-state index in [0.717, 1.165) is 19.4 Å². The second-order valence-electron chi connectivity index (χ2n) is 3.19. The van der Waals surface area contributed by atoms with Gasteiger partial charge in [-0.3, -0.25) is 4.79 Å². The largest absolute Gasteiger partial charge is 0.481 e. The van der Waals surface area contributed by atoms with E-state index in [1.54, 1.807) is 0 Å². The van der Waals surface area contributed by atoms with Gasteiger partial charge in [0.2, 0.25) is 0 Å². The van der Waals surface area contributed by atoms with Crippen LogP contribution in [-0.4, -0.2) is 35.6 Å². The molecule has 0 unspecified atom stereocenters. The fourth-order valence-electron chi connectivity index (χ4n) is 1.89. The van der Waals surface area contributed by atoms with Crippen molar-refractivity contribution in [2.75, 3.05) is 13.6 Å². The average Bonchev–Trinajstić information content (AvgIpc) is 2.30. The molecule has 0 bridgehead atoms. The van der Waals surface area contributed by atoms with E-state index in [2.05, 4.69) is 4.90 Å². The molecule has 0 aromatic carbocycles. The lowest BCUT2D eigenvalue weighted by Crippen LogP contribution is -2.32. The van der Waals surface area contributed by atoms with Gasteiger partial charge in [-0.25, -0.2) is 0 Å². The van der Waals surface area contributed by atoms with Crippen LogP contribution >= 0.6 is 0 Å². The summed E-state index contributed by atoms with van der Waals surface area (Å²) in [5.74, 6) is -0.772. The van der Waals surface area contributed by atoms with E-state index < -0.39 is 5.97 Å². The van der Waals surface area contributed by atoms with Gasteiger partial charge in [0.25, 0.3) is 0 Å². The van der Waals surface area contributed by atoms with Crippen LogP contribution in [0, 0.1) is 5.92 Å². The molecule has 0 aromatic heterocycles. The lowest BCUT2D eigenvalue weighted by atomic mass is 9.99. The van der Waals surface area contributed by atoms with Crippen molar-refractivity contribution in [3.8, 4) is 0 Å². The maximum Gasteiger partial charge on any atom is 0.308 e. The van der Waals surface area contributed by atoms with Crippen LogP contribution in [0.5, 0.6) is 0 Å². The van der Waals surface area contributed by atoms with E-state index in [4.69, 9.17) is 5.11 Å². The van der Waals surface area contributed by atoms with Crippen molar-refractivity contribution in [1.29, 1.82) is 0 Å². The van der Waals surface area contributed by atoms with Gasteiger partial charge >= 0.3 is 5.97 Å². The Hall–Kier alpha value is -0.570. The molecule has 0 saturated carbocycles. The van der Waals surface area contributed by atoms with Gasteiger partial charge in [0, 0.05) is 6.04 Å². The highest BCUT2D eigenvalue weighted by Gasteiger charge is 2.35. The van der Waals surface area contributed by atoms with Crippen LogP contribution < -0.4 is 0 Å². The number of carboxylic acid groups (broad SMARTS) is 1. The van der Waals surface area contributed by atoms with Crippen LogP contribution in [0.25, 0.3) is 0 Å². The van der Waals surface area contributed by atoms with Gasteiger partial charge in [0.15, 0.2) is 0 Å². The lowest BCUT2D eigenvalue weighted by Gasteiger charge is -2.20. The van der Waals surface area contributed by atoms with Gasteiger partial charge in [-0.1, -0.05) is 6.92 Å². The number of nitrogens with zero attached hydrogens (tertiary/aromatic N) is 1. The summed E-state index contributed by atoms with van der Waals surface area (Å²) >= 11 is 0. The van der Waals surface area contributed by atoms with Crippen molar-refractivity contribution < 1.29 is 9.90 Å². The first kappa shape index (κ1) is 8.53. The summed E-state index contributed by atoms with van der Waals surface area (Å²) in [6.45, 7) is 2.97. The van der Waals surface area contributed by atoms with Gasteiger partial charge < -0.3 is 10.0 Å². The topological polar surface area (TPSA) is 40.5 Å². The SMILES string of the molecule is CC[C@H]1[C@H](C(=O)O)CCN1C. The van der Waals surface area contributed by atoms with Crippen molar-refractivity contribution in [3.63, 3.8) is 0 Å². The molecule has 0 amide bonds. The second-order valence-corrected chi connectivity index (χ2v) is 3.19. The number of likely N-dealkylation sites (tertiary alicyclic amines) is 1. The first-order chi connectivity index (χ1) is 5.16. The van der Waals surface area contributed by atoms with Crippen LogP contribution in [0.15, 0.2) is 0 Å². The van der Waals surface area contributed by atoms with Gasteiger partial charge in [0.1, 0.15) is 0 Å². The van der Waals surface area contributed by atoms with Crippen molar-refractivity contribution in [2.45, 2.75) is 25.8 Å². The van der Waals surface area contributed by atoms with Crippen molar-refractivity contribution in [3.05, 3.63) is 0 Å². The van der Waals surface area contributed by atoms with Crippen molar-refractivity contribution in [2.24, 2.45) is 5.92 Å². The lowest BCUT2D eigenvalue weighted by molar-refractivity contribution is -0.142. The quantitative estimate of drug-likeness (QED) is 0.644. The van der Waals surface area contributed by atoms with Crippen LogP contribution in [0.2, 0.25) is 0 Å². The van der Waals surface area contributed by atoms with Crippen LogP contribution in [0.4, 0.5) is 0 Å². The fourth-order valence-corrected chi connectivity index (χ4v) is 1.89. The predicted molar refractivity (Wildman–Crippen MR) is 42.5 cm³/mol. The van der Waals surface area contributed by atoms with Crippen LogP contribution in [0.1, 0.15) is 19.8 Å². The number of carbonyl (C=O) groups is 1. The third-order valence-electron chi connectivity index (χ3n) is 2.56. The summed E-state index contributed by atoms with van der Waals surface area (Å²) in [5.41, 5.74) is 0. The maximum atomic E-state index is 10.7. The average molecular weight is 157 g/mol. The van der Waals surface area contributed by atoms with Crippen molar-refractivity contribution in [1.82, 2.24) is 4.90 Å². The number of hydrogen-bond acceptors (Lipinski definition) is 2. The highest BCUT2D eigenvalue weighted by Crippen LogP contribution is 2.24. The number of carboxylic acids is 1. The van der Waals surface area contributed by atoms with Crippen LogP contribution in [-0.2, 0) is 4.79 Å². The molecule has 3 heteroatoms. The monoisotopic (exact) mass is 157 g/mol. The zero-order valence-electron chi connectivity index (χ0n) is 7.08. The van der Waals surface area contributed by atoms with E-state index >= 15 is 0 Å². The Bertz CT molecular complexity index is 158. The summed E-state index contributed by atoms with van der Waals surface area (Å²) in [4.78, 5) is 12.8. The number of aliphatic carboxylic acids is 1.